The van der Waals surface area contributed by atoms with Gasteiger partial charge in [-0.2, -0.15) is 5.10 Å². The van der Waals surface area contributed by atoms with Crippen LogP contribution < -0.4 is 20.5 Å². The van der Waals surface area contributed by atoms with Gasteiger partial charge in [-0.05, 0) is 38.2 Å². The predicted molar refractivity (Wildman–Crippen MR) is 129 cm³/mol. The molecular formula is C24H31N7O2. The van der Waals surface area contributed by atoms with Crippen LogP contribution in [-0.4, -0.2) is 78.1 Å². The first kappa shape index (κ1) is 22.9. The minimum absolute atomic E-state index is 0.119. The molecule has 0 atom stereocenters. The van der Waals surface area contributed by atoms with Gasteiger partial charge in [0.05, 0.1) is 25.5 Å². The van der Waals surface area contributed by atoms with Crippen molar-refractivity contribution in [1.82, 2.24) is 30.0 Å². The summed E-state index contributed by atoms with van der Waals surface area (Å²) in [6.45, 7) is 5.60. The van der Waals surface area contributed by atoms with Crippen LogP contribution in [0.1, 0.15) is 12.0 Å². The van der Waals surface area contributed by atoms with Crippen LogP contribution in [0.3, 0.4) is 0 Å². The fourth-order valence-corrected chi connectivity index (χ4v) is 3.71. The summed E-state index contributed by atoms with van der Waals surface area (Å²) in [4.78, 5) is 25.7. The number of nitrogens with one attached hydrogen (secondary N) is 1. The lowest BCUT2D eigenvalue weighted by Gasteiger charge is -2.28. The fraction of sp³-hybridized carbons (Fsp3) is 0.417. The molecule has 3 heterocycles. The number of hydrogen-bond acceptors (Lipinski definition) is 8. The van der Waals surface area contributed by atoms with Crippen molar-refractivity contribution in [3.8, 4) is 17.1 Å². The average molecular weight is 450 g/mol. The second-order valence-electron chi connectivity index (χ2n) is 8.37. The van der Waals surface area contributed by atoms with Gasteiger partial charge in [-0.3, -0.25) is 4.79 Å². The van der Waals surface area contributed by atoms with E-state index in [9.17, 15) is 4.79 Å². The highest BCUT2D eigenvalue weighted by Gasteiger charge is 2.13. The lowest BCUT2D eigenvalue weighted by Crippen LogP contribution is -2.44. The molecule has 3 aromatic rings. The Morgan fingerprint density at radius 2 is 1.88 bits per heavy atom. The summed E-state index contributed by atoms with van der Waals surface area (Å²) in [6, 6.07) is 11.3. The Morgan fingerprint density at radius 3 is 2.64 bits per heavy atom. The third-order valence-electron chi connectivity index (χ3n) is 5.46. The van der Waals surface area contributed by atoms with Crippen molar-refractivity contribution in [2.24, 2.45) is 0 Å². The zero-order chi connectivity index (χ0) is 23.0. The largest absolute Gasteiger partial charge is 0.490 e. The van der Waals surface area contributed by atoms with E-state index in [1.54, 1.807) is 24.5 Å². The van der Waals surface area contributed by atoms with Gasteiger partial charge < -0.3 is 19.9 Å². The van der Waals surface area contributed by atoms with E-state index in [-0.39, 0.29) is 5.56 Å². The van der Waals surface area contributed by atoms with Crippen LogP contribution in [0.2, 0.25) is 0 Å². The molecule has 1 aromatic carbocycles. The predicted octanol–water partition coefficient (Wildman–Crippen LogP) is 1.49. The lowest BCUT2D eigenvalue weighted by atomic mass is 10.1. The monoisotopic (exact) mass is 449 g/mol. The van der Waals surface area contributed by atoms with Crippen molar-refractivity contribution in [3.63, 3.8) is 0 Å². The minimum Gasteiger partial charge on any atom is -0.490 e. The fourth-order valence-electron chi connectivity index (χ4n) is 3.71. The number of rotatable bonds is 9. The van der Waals surface area contributed by atoms with Crippen LogP contribution in [0, 0.1) is 0 Å². The first-order chi connectivity index (χ1) is 16.1. The van der Waals surface area contributed by atoms with Gasteiger partial charge in [-0.1, -0.05) is 18.2 Å². The van der Waals surface area contributed by atoms with Gasteiger partial charge in [0.1, 0.15) is 5.82 Å². The molecule has 0 amide bonds. The van der Waals surface area contributed by atoms with Crippen molar-refractivity contribution >= 4 is 5.82 Å². The summed E-state index contributed by atoms with van der Waals surface area (Å²) in [5.41, 5.74) is 1.73. The molecule has 1 aliphatic heterocycles. The summed E-state index contributed by atoms with van der Waals surface area (Å²) in [5, 5.41) is 7.94. The van der Waals surface area contributed by atoms with E-state index in [4.69, 9.17) is 4.74 Å². The molecule has 0 aliphatic carbocycles. The Labute approximate surface area is 194 Å². The molecule has 4 rings (SSSR count). The molecule has 1 fully saturated rings. The molecule has 0 bridgehead atoms. The first-order valence-electron chi connectivity index (χ1n) is 11.3. The number of nitrogens with zero attached hydrogens (tertiary/aromatic N) is 6. The molecule has 0 radical (unpaired) electrons. The summed E-state index contributed by atoms with van der Waals surface area (Å²) < 4.78 is 7.23. The smallest absolute Gasteiger partial charge is 0.267 e. The topological polar surface area (TPSA) is 88.4 Å². The van der Waals surface area contributed by atoms with Gasteiger partial charge >= 0.3 is 0 Å². The quantitative estimate of drug-likeness (QED) is 0.492. The summed E-state index contributed by atoms with van der Waals surface area (Å²) >= 11 is 0. The third-order valence-corrected chi connectivity index (χ3v) is 5.46. The van der Waals surface area contributed by atoms with Crippen molar-refractivity contribution in [1.29, 1.82) is 0 Å². The van der Waals surface area contributed by atoms with Crippen LogP contribution in [0.15, 0.2) is 53.6 Å². The molecule has 174 valence electrons. The van der Waals surface area contributed by atoms with Crippen molar-refractivity contribution in [2.75, 3.05) is 58.3 Å². The van der Waals surface area contributed by atoms with E-state index in [1.807, 2.05) is 38.4 Å². The summed E-state index contributed by atoms with van der Waals surface area (Å²) in [6.07, 6.45) is 4.35. The number of ether oxygens (including phenoxy) is 1. The molecule has 9 nitrogen and oxygen atoms in total. The molecule has 1 aliphatic rings. The van der Waals surface area contributed by atoms with E-state index in [0.717, 1.165) is 56.1 Å². The molecule has 9 heteroatoms. The van der Waals surface area contributed by atoms with Gasteiger partial charge in [0.25, 0.3) is 5.56 Å². The minimum atomic E-state index is -0.119. The highest BCUT2D eigenvalue weighted by atomic mass is 16.5. The van der Waals surface area contributed by atoms with Crippen LogP contribution in [0.4, 0.5) is 5.82 Å². The lowest BCUT2D eigenvalue weighted by molar-refractivity contribution is 0.280. The molecule has 2 aromatic heterocycles. The van der Waals surface area contributed by atoms with E-state index < -0.39 is 0 Å². The average Bonchev–Trinajstić information content (AvgIpc) is 2.84. The normalized spacial score (nSPS) is 14.0. The first-order valence-corrected chi connectivity index (χ1v) is 11.3. The van der Waals surface area contributed by atoms with Gasteiger partial charge in [-0.15, -0.1) is 0 Å². The second kappa shape index (κ2) is 11.0. The zero-order valence-electron chi connectivity index (χ0n) is 19.3. The molecule has 33 heavy (non-hydrogen) atoms. The number of anilines is 1. The summed E-state index contributed by atoms with van der Waals surface area (Å²) in [7, 11) is 4.09. The molecule has 1 saturated heterocycles. The van der Waals surface area contributed by atoms with Crippen molar-refractivity contribution in [2.45, 2.75) is 13.0 Å². The standard InChI is InChI=1S/C24H31N7O2/c1-29(2)11-4-14-33-21-16-26-24(27-17-21)20-6-3-5-19(15-20)18-31-23(32)8-7-22(28-31)30-12-9-25-10-13-30/h3,5-8,15-17,25H,4,9-14,18H2,1-2H3. The highest BCUT2D eigenvalue weighted by molar-refractivity contribution is 5.56. The van der Waals surface area contributed by atoms with Gasteiger partial charge in [0.15, 0.2) is 11.6 Å². The molecule has 0 spiro atoms. The molecule has 0 unspecified atom stereocenters. The van der Waals surface area contributed by atoms with E-state index in [2.05, 4.69) is 30.2 Å². The maximum Gasteiger partial charge on any atom is 0.267 e. The van der Waals surface area contributed by atoms with Crippen molar-refractivity contribution in [3.05, 3.63) is 64.7 Å². The van der Waals surface area contributed by atoms with E-state index in [0.29, 0.717) is 24.7 Å². The van der Waals surface area contributed by atoms with Crippen LogP contribution in [0.25, 0.3) is 11.4 Å². The van der Waals surface area contributed by atoms with Crippen LogP contribution in [0.5, 0.6) is 5.75 Å². The Hall–Kier alpha value is -3.30. The van der Waals surface area contributed by atoms with Crippen LogP contribution >= 0.6 is 0 Å². The molecule has 0 saturated carbocycles. The maximum absolute atomic E-state index is 12.4. The Kier molecular flexibility index (Phi) is 7.64. The van der Waals surface area contributed by atoms with Crippen LogP contribution in [-0.2, 0) is 6.54 Å². The molecule has 1 N–H and O–H groups in total. The molecular weight excluding hydrogens is 418 g/mol. The number of hydrogen-bond donors (Lipinski definition) is 1. The van der Waals surface area contributed by atoms with E-state index in [1.165, 1.54) is 4.68 Å². The number of piperazine rings is 1. The number of benzene rings is 1. The van der Waals surface area contributed by atoms with Gasteiger partial charge in [0.2, 0.25) is 0 Å². The third kappa shape index (κ3) is 6.36. The highest BCUT2D eigenvalue weighted by Crippen LogP contribution is 2.19. The number of aromatic nitrogens is 4. The van der Waals surface area contributed by atoms with E-state index >= 15 is 0 Å². The SMILES string of the molecule is CN(C)CCCOc1cnc(-c2cccc(Cn3nc(N4CCNCC4)ccc3=O)c2)nc1. The zero-order valence-corrected chi connectivity index (χ0v) is 19.3. The van der Waals surface area contributed by atoms with Gasteiger partial charge in [0, 0.05) is 44.4 Å². The van der Waals surface area contributed by atoms with Gasteiger partial charge in [-0.25, -0.2) is 14.6 Å². The Morgan fingerprint density at radius 1 is 1.09 bits per heavy atom. The summed E-state index contributed by atoms with van der Waals surface area (Å²) in [5.74, 6) is 2.11. The Bertz CT molecular complexity index is 1090. The Balaban J connectivity index is 1.43. The maximum atomic E-state index is 12.4. The van der Waals surface area contributed by atoms with Crippen molar-refractivity contribution < 1.29 is 4.74 Å². The second-order valence-corrected chi connectivity index (χ2v) is 8.37.